The van der Waals surface area contributed by atoms with Gasteiger partial charge in [-0.05, 0) is 38.1 Å². The largest absolute Gasteiger partial charge is 0.497 e. The Hall–Kier alpha value is -2.47. The van der Waals surface area contributed by atoms with Crippen LogP contribution in [0.2, 0.25) is 0 Å². The van der Waals surface area contributed by atoms with Crippen LogP contribution in [0.1, 0.15) is 17.1 Å². The van der Waals surface area contributed by atoms with Crippen LogP contribution in [0.25, 0.3) is 0 Å². The van der Waals surface area contributed by atoms with Crippen molar-refractivity contribution in [1.29, 1.82) is 0 Å². The first kappa shape index (κ1) is 21.8. The fourth-order valence-electron chi connectivity index (χ4n) is 3.56. The van der Waals surface area contributed by atoms with Gasteiger partial charge in [0.15, 0.2) is 10.9 Å². The Balaban J connectivity index is 1.33. The van der Waals surface area contributed by atoms with Gasteiger partial charge in [-0.25, -0.2) is 13.4 Å². The summed E-state index contributed by atoms with van der Waals surface area (Å²) in [5, 5.41) is 9.92. The van der Waals surface area contributed by atoms with E-state index in [1.54, 1.807) is 32.3 Å². The number of thiazole rings is 1. The summed E-state index contributed by atoms with van der Waals surface area (Å²) in [5.41, 5.74) is 2.31. The van der Waals surface area contributed by atoms with Crippen molar-refractivity contribution in [2.75, 3.05) is 38.6 Å². The average Bonchev–Trinajstić information content (AvgIpc) is 3.34. The highest BCUT2D eigenvalue weighted by molar-refractivity contribution is 7.89. The van der Waals surface area contributed by atoms with Gasteiger partial charge in [0.2, 0.25) is 10.0 Å². The highest BCUT2D eigenvalue weighted by Crippen LogP contribution is 2.26. The van der Waals surface area contributed by atoms with Gasteiger partial charge in [0.05, 0.1) is 12.8 Å². The molecule has 1 aromatic carbocycles. The zero-order valence-corrected chi connectivity index (χ0v) is 19.3. The quantitative estimate of drug-likeness (QED) is 0.571. The van der Waals surface area contributed by atoms with Crippen LogP contribution in [-0.2, 0) is 16.6 Å². The number of nitrogens with zero attached hydrogens (tertiary/aromatic N) is 4. The Morgan fingerprint density at radius 1 is 1.16 bits per heavy atom. The van der Waals surface area contributed by atoms with E-state index >= 15 is 0 Å². The molecule has 2 aromatic heterocycles. The summed E-state index contributed by atoms with van der Waals surface area (Å²) in [4.78, 5) is 7.06. The van der Waals surface area contributed by atoms with Gasteiger partial charge >= 0.3 is 0 Å². The molecule has 0 aliphatic carbocycles. The second-order valence-electron chi connectivity index (χ2n) is 7.33. The Labute approximate surface area is 185 Å². The summed E-state index contributed by atoms with van der Waals surface area (Å²) in [6.07, 6.45) is 0. The minimum absolute atomic E-state index is 0.190. The second-order valence-corrected chi connectivity index (χ2v) is 10.1. The molecule has 0 spiro atoms. The molecule has 0 amide bonds. The highest BCUT2D eigenvalue weighted by atomic mass is 32.2. The lowest BCUT2D eigenvalue weighted by atomic mass is 10.3. The van der Waals surface area contributed by atoms with Gasteiger partial charge in [0.25, 0.3) is 0 Å². The van der Waals surface area contributed by atoms with Crippen molar-refractivity contribution in [3.05, 3.63) is 46.8 Å². The molecule has 1 N–H and O–H groups in total. The summed E-state index contributed by atoms with van der Waals surface area (Å²) < 4.78 is 37.6. The normalized spacial score (nSPS) is 15.8. The topological polar surface area (TPSA) is 101 Å². The van der Waals surface area contributed by atoms with E-state index in [1.807, 2.05) is 29.6 Å². The first-order valence-electron chi connectivity index (χ1n) is 9.87. The third kappa shape index (κ3) is 4.74. The third-order valence-corrected chi connectivity index (χ3v) is 8.13. The van der Waals surface area contributed by atoms with Gasteiger partial charge in [-0.15, -0.1) is 11.3 Å². The number of aryl methyl sites for hydroxylation is 2. The van der Waals surface area contributed by atoms with Gasteiger partial charge in [0.1, 0.15) is 16.3 Å². The molecule has 4 rings (SSSR count). The van der Waals surface area contributed by atoms with E-state index in [0.717, 1.165) is 22.3 Å². The van der Waals surface area contributed by atoms with Crippen LogP contribution in [-0.4, -0.2) is 61.1 Å². The van der Waals surface area contributed by atoms with Crippen LogP contribution in [0.15, 0.2) is 39.1 Å². The fraction of sp³-hybridized carbons (Fsp3) is 0.400. The summed E-state index contributed by atoms with van der Waals surface area (Å²) in [6, 6.07) is 7.68. The lowest BCUT2D eigenvalue weighted by molar-refractivity contribution is 0.180. The van der Waals surface area contributed by atoms with E-state index in [4.69, 9.17) is 9.26 Å². The molecular formula is C20H25N5O4S2. The number of hydrogen-bond donors (Lipinski definition) is 1. The van der Waals surface area contributed by atoms with Crippen molar-refractivity contribution in [1.82, 2.24) is 19.3 Å². The van der Waals surface area contributed by atoms with Crippen molar-refractivity contribution < 1.29 is 17.7 Å². The summed E-state index contributed by atoms with van der Waals surface area (Å²) in [7, 11) is -1.95. The Kier molecular flexibility index (Phi) is 6.28. The minimum Gasteiger partial charge on any atom is -0.497 e. The maximum atomic E-state index is 13.0. The number of sulfonamides is 1. The van der Waals surface area contributed by atoms with Crippen molar-refractivity contribution in [2.24, 2.45) is 0 Å². The third-order valence-electron chi connectivity index (χ3n) is 5.18. The molecule has 0 unspecified atom stereocenters. The lowest BCUT2D eigenvalue weighted by Crippen LogP contribution is -2.48. The predicted molar refractivity (Wildman–Crippen MR) is 118 cm³/mol. The number of methoxy groups -OCH3 is 1. The molecule has 3 heterocycles. The van der Waals surface area contributed by atoms with Crippen LogP contribution >= 0.6 is 11.3 Å². The lowest BCUT2D eigenvalue weighted by Gasteiger charge is -2.33. The minimum atomic E-state index is -3.59. The first-order chi connectivity index (χ1) is 14.9. The molecule has 3 aromatic rings. The zero-order chi connectivity index (χ0) is 22.0. The molecule has 9 nitrogen and oxygen atoms in total. The Morgan fingerprint density at radius 3 is 2.48 bits per heavy atom. The highest BCUT2D eigenvalue weighted by Gasteiger charge is 2.33. The molecule has 166 valence electrons. The Morgan fingerprint density at radius 2 is 1.87 bits per heavy atom. The van der Waals surface area contributed by atoms with Crippen LogP contribution in [0.4, 0.5) is 10.8 Å². The van der Waals surface area contributed by atoms with E-state index < -0.39 is 10.0 Å². The van der Waals surface area contributed by atoms with Crippen LogP contribution in [0, 0.1) is 13.8 Å². The van der Waals surface area contributed by atoms with Crippen molar-refractivity contribution in [3.63, 3.8) is 0 Å². The zero-order valence-electron chi connectivity index (χ0n) is 17.7. The van der Waals surface area contributed by atoms with E-state index in [0.29, 0.717) is 44.2 Å². The summed E-state index contributed by atoms with van der Waals surface area (Å²) in [5.74, 6) is 1.14. The standard InChI is InChI=1S/C20H25N5O4S2/c1-14-19(15(2)29-23-14)31(26,27)25-10-8-24(9-11-25)12-17-13-30-20(22-17)21-16-4-6-18(28-3)7-5-16/h4-7,13H,8-12H2,1-3H3,(H,21,22). The molecular weight excluding hydrogens is 438 g/mol. The Bertz CT molecular complexity index is 1110. The molecule has 1 fully saturated rings. The SMILES string of the molecule is COc1ccc(Nc2nc(CN3CCN(S(=O)(=O)c4c(C)noc4C)CC3)cs2)cc1. The fourth-order valence-corrected chi connectivity index (χ4v) is 6.00. The number of hydrogen-bond acceptors (Lipinski definition) is 9. The van der Waals surface area contributed by atoms with E-state index in [1.165, 1.54) is 4.31 Å². The molecule has 0 radical (unpaired) electrons. The van der Waals surface area contributed by atoms with E-state index in [2.05, 4.69) is 20.4 Å². The van der Waals surface area contributed by atoms with E-state index in [-0.39, 0.29) is 4.90 Å². The maximum absolute atomic E-state index is 13.0. The number of piperazine rings is 1. The van der Waals surface area contributed by atoms with Gasteiger partial charge < -0.3 is 14.6 Å². The van der Waals surface area contributed by atoms with Crippen LogP contribution in [0.5, 0.6) is 5.75 Å². The molecule has 1 saturated heterocycles. The predicted octanol–water partition coefficient (Wildman–Crippen LogP) is 3.01. The monoisotopic (exact) mass is 463 g/mol. The van der Waals surface area contributed by atoms with Gasteiger partial charge in [-0.2, -0.15) is 4.31 Å². The first-order valence-corrected chi connectivity index (χ1v) is 12.2. The molecule has 0 atom stereocenters. The molecule has 0 saturated carbocycles. The summed E-state index contributed by atoms with van der Waals surface area (Å²) in [6.45, 7) is 6.09. The average molecular weight is 464 g/mol. The van der Waals surface area contributed by atoms with Crippen molar-refractivity contribution in [2.45, 2.75) is 25.3 Å². The van der Waals surface area contributed by atoms with Crippen LogP contribution in [0.3, 0.4) is 0 Å². The van der Waals surface area contributed by atoms with Gasteiger partial charge in [0, 0.05) is 43.8 Å². The second kappa shape index (κ2) is 8.95. The molecule has 1 aliphatic heterocycles. The smallest absolute Gasteiger partial charge is 0.248 e. The van der Waals surface area contributed by atoms with Gasteiger partial charge in [-0.3, -0.25) is 4.90 Å². The van der Waals surface area contributed by atoms with Crippen molar-refractivity contribution in [3.8, 4) is 5.75 Å². The van der Waals surface area contributed by atoms with Crippen LogP contribution < -0.4 is 10.1 Å². The number of benzene rings is 1. The molecule has 11 heteroatoms. The molecule has 1 aliphatic rings. The number of ether oxygens (including phenoxy) is 1. The number of aromatic nitrogens is 2. The maximum Gasteiger partial charge on any atom is 0.248 e. The number of nitrogens with one attached hydrogen (secondary N) is 1. The van der Waals surface area contributed by atoms with Gasteiger partial charge in [-0.1, -0.05) is 5.16 Å². The van der Waals surface area contributed by atoms with E-state index in [9.17, 15) is 8.42 Å². The number of rotatable bonds is 7. The summed E-state index contributed by atoms with van der Waals surface area (Å²) >= 11 is 1.55. The molecule has 0 bridgehead atoms. The van der Waals surface area contributed by atoms with Crippen molar-refractivity contribution >= 4 is 32.2 Å². The molecule has 31 heavy (non-hydrogen) atoms. The number of anilines is 2.